The largest absolute Gasteiger partial charge is 0.206 e. The zero-order chi connectivity index (χ0) is 13.1. The fourth-order valence-corrected chi connectivity index (χ4v) is 4.75. The Morgan fingerprint density at radius 1 is 1.24 bits per heavy atom. The predicted molar refractivity (Wildman–Crippen MR) is 82.7 cm³/mol. The number of benzene rings is 1. The first-order chi connectivity index (χ1) is 7.95. The van der Waals surface area contributed by atoms with Crippen molar-refractivity contribution in [1.29, 1.82) is 0 Å². The van der Waals surface area contributed by atoms with E-state index in [1.807, 2.05) is 12.1 Å². The lowest BCUT2D eigenvalue weighted by atomic mass is 9.76. The van der Waals surface area contributed by atoms with Crippen molar-refractivity contribution in [3.63, 3.8) is 0 Å². The van der Waals surface area contributed by atoms with E-state index in [4.69, 9.17) is 0 Å². The Labute approximate surface area is 128 Å². The quantitative estimate of drug-likeness (QED) is 0.536. The van der Waals surface area contributed by atoms with Crippen molar-refractivity contribution < 1.29 is 4.39 Å². The molecule has 0 N–H and O–H groups in total. The zero-order valence-electron chi connectivity index (χ0n) is 9.94. The first kappa shape index (κ1) is 15.6. The molecule has 96 valence electrons. The molecule has 0 unspecified atom stereocenters. The van der Waals surface area contributed by atoms with Crippen molar-refractivity contribution >= 4 is 47.8 Å². The van der Waals surface area contributed by atoms with Gasteiger partial charge in [0.25, 0.3) is 0 Å². The van der Waals surface area contributed by atoms with E-state index in [0.29, 0.717) is 10.4 Å². The van der Waals surface area contributed by atoms with Gasteiger partial charge < -0.3 is 0 Å². The third kappa shape index (κ3) is 3.77. The van der Waals surface area contributed by atoms with Gasteiger partial charge in [-0.15, -0.1) is 0 Å². The Hall–Kier alpha value is 0.590. The van der Waals surface area contributed by atoms with E-state index < -0.39 is 0 Å². The van der Waals surface area contributed by atoms with E-state index in [-0.39, 0.29) is 11.2 Å². The monoisotopic (exact) mass is 428 g/mol. The third-order valence-corrected chi connectivity index (χ3v) is 6.14. The summed E-state index contributed by atoms with van der Waals surface area (Å²) in [4.78, 5) is 0. The van der Waals surface area contributed by atoms with E-state index >= 15 is 0 Å². The standard InChI is InChI=1S/C13H16Br3F/c1-9(2)13(7-14,8-15)6-10-3-4-12(17)11(16)5-10/h3-5,9H,6-8H2,1-2H3. The number of alkyl halides is 2. The van der Waals surface area contributed by atoms with Gasteiger partial charge >= 0.3 is 0 Å². The maximum atomic E-state index is 13.2. The van der Waals surface area contributed by atoms with Crippen LogP contribution in [0.3, 0.4) is 0 Å². The summed E-state index contributed by atoms with van der Waals surface area (Å²) < 4.78 is 13.7. The Morgan fingerprint density at radius 2 is 1.82 bits per heavy atom. The van der Waals surface area contributed by atoms with E-state index in [1.54, 1.807) is 0 Å². The molecular weight excluding hydrogens is 415 g/mol. The van der Waals surface area contributed by atoms with Crippen molar-refractivity contribution in [1.82, 2.24) is 0 Å². The molecule has 0 saturated heterocycles. The second-order valence-electron chi connectivity index (χ2n) is 4.71. The average molecular weight is 431 g/mol. The molecule has 1 aromatic carbocycles. The van der Waals surface area contributed by atoms with Crippen LogP contribution in [0.5, 0.6) is 0 Å². The molecule has 0 aliphatic rings. The van der Waals surface area contributed by atoms with E-state index in [9.17, 15) is 4.39 Å². The van der Waals surface area contributed by atoms with Crippen LogP contribution in [0.2, 0.25) is 0 Å². The van der Waals surface area contributed by atoms with Gasteiger partial charge in [-0.05, 0) is 51.4 Å². The first-order valence-electron chi connectivity index (χ1n) is 5.51. The molecule has 0 nitrogen and oxygen atoms in total. The molecule has 1 aromatic rings. The van der Waals surface area contributed by atoms with Crippen molar-refractivity contribution in [2.45, 2.75) is 20.3 Å². The summed E-state index contributed by atoms with van der Waals surface area (Å²) >= 11 is 10.5. The molecule has 0 bridgehead atoms. The van der Waals surface area contributed by atoms with Crippen molar-refractivity contribution in [2.75, 3.05) is 10.7 Å². The average Bonchev–Trinajstić information content (AvgIpc) is 2.30. The molecule has 0 amide bonds. The minimum atomic E-state index is -0.207. The summed E-state index contributed by atoms with van der Waals surface area (Å²) in [6.45, 7) is 4.45. The zero-order valence-corrected chi connectivity index (χ0v) is 14.7. The topological polar surface area (TPSA) is 0 Å². The molecular formula is C13H16Br3F. The molecule has 0 aliphatic heterocycles. The summed E-state index contributed by atoms with van der Waals surface area (Å²) in [5.74, 6) is 0.339. The number of hydrogen-bond donors (Lipinski definition) is 0. The van der Waals surface area contributed by atoms with Crippen LogP contribution < -0.4 is 0 Å². The van der Waals surface area contributed by atoms with Gasteiger partial charge in [-0.1, -0.05) is 51.8 Å². The van der Waals surface area contributed by atoms with Gasteiger partial charge in [0.2, 0.25) is 0 Å². The highest BCUT2D eigenvalue weighted by molar-refractivity contribution is 9.10. The maximum absolute atomic E-state index is 13.2. The fourth-order valence-electron chi connectivity index (χ4n) is 1.70. The molecule has 0 radical (unpaired) electrons. The lowest BCUT2D eigenvalue weighted by Crippen LogP contribution is -2.33. The second kappa shape index (κ2) is 6.67. The van der Waals surface area contributed by atoms with Crippen LogP contribution in [-0.2, 0) is 6.42 Å². The summed E-state index contributed by atoms with van der Waals surface area (Å²) in [6.07, 6.45) is 0.931. The highest BCUT2D eigenvalue weighted by Gasteiger charge is 2.31. The Balaban J connectivity index is 2.97. The maximum Gasteiger partial charge on any atom is 0.137 e. The summed E-state index contributed by atoms with van der Waals surface area (Å²) in [5.41, 5.74) is 1.32. The number of hydrogen-bond acceptors (Lipinski definition) is 0. The molecule has 0 saturated carbocycles. The van der Waals surface area contributed by atoms with Gasteiger partial charge in [-0.3, -0.25) is 0 Å². The molecule has 1 rings (SSSR count). The summed E-state index contributed by atoms with van der Waals surface area (Å²) in [5, 5.41) is 1.86. The van der Waals surface area contributed by atoms with Crippen LogP contribution in [0.4, 0.5) is 4.39 Å². The van der Waals surface area contributed by atoms with Gasteiger partial charge in [-0.2, -0.15) is 0 Å². The summed E-state index contributed by atoms with van der Waals surface area (Å²) in [7, 11) is 0. The minimum absolute atomic E-state index is 0.164. The van der Waals surface area contributed by atoms with Crippen LogP contribution in [0.15, 0.2) is 22.7 Å². The van der Waals surface area contributed by atoms with Gasteiger partial charge in [0.05, 0.1) is 4.47 Å². The van der Waals surface area contributed by atoms with Crippen LogP contribution >= 0.6 is 47.8 Å². The van der Waals surface area contributed by atoms with Crippen LogP contribution in [-0.4, -0.2) is 10.7 Å². The minimum Gasteiger partial charge on any atom is -0.206 e. The molecule has 17 heavy (non-hydrogen) atoms. The molecule has 0 atom stereocenters. The van der Waals surface area contributed by atoms with Gasteiger partial charge in [0.15, 0.2) is 0 Å². The lowest BCUT2D eigenvalue weighted by molar-refractivity contribution is 0.267. The van der Waals surface area contributed by atoms with Crippen LogP contribution in [0.25, 0.3) is 0 Å². The Kier molecular flexibility index (Phi) is 6.14. The molecule has 0 aromatic heterocycles. The Morgan fingerprint density at radius 3 is 2.24 bits per heavy atom. The van der Waals surface area contributed by atoms with Crippen molar-refractivity contribution in [2.24, 2.45) is 11.3 Å². The predicted octanol–water partition coefficient (Wildman–Crippen LogP) is 5.56. The van der Waals surface area contributed by atoms with Crippen molar-refractivity contribution in [3.05, 3.63) is 34.1 Å². The van der Waals surface area contributed by atoms with E-state index in [1.165, 1.54) is 6.07 Å². The van der Waals surface area contributed by atoms with Crippen LogP contribution in [0.1, 0.15) is 19.4 Å². The molecule has 0 heterocycles. The van der Waals surface area contributed by atoms with Gasteiger partial charge in [0, 0.05) is 10.7 Å². The first-order valence-corrected chi connectivity index (χ1v) is 8.54. The fraction of sp³-hybridized carbons (Fsp3) is 0.538. The molecule has 0 fully saturated rings. The number of rotatable bonds is 5. The molecule has 4 heteroatoms. The van der Waals surface area contributed by atoms with E-state index in [2.05, 4.69) is 61.6 Å². The van der Waals surface area contributed by atoms with Crippen molar-refractivity contribution in [3.8, 4) is 0 Å². The number of halogens is 4. The normalized spacial score (nSPS) is 12.2. The Bertz CT molecular complexity index is 373. The highest BCUT2D eigenvalue weighted by Crippen LogP contribution is 2.36. The SMILES string of the molecule is CC(C)C(CBr)(CBr)Cc1ccc(F)c(Br)c1. The van der Waals surface area contributed by atoms with Crippen LogP contribution in [0, 0.1) is 17.2 Å². The molecule has 0 aliphatic carbocycles. The summed E-state index contributed by atoms with van der Waals surface area (Å²) in [6, 6.07) is 5.26. The van der Waals surface area contributed by atoms with Gasteiger partial charge in [-0.25, -0.2) is 4.39 Å². The highest BCUT2D eigenvalue weighted by atomic mass is 79.9. The van der Waals surface area contributed by atoms with Gasteiger partial charge in [0.1, 0.15) is 5.82 Å². The molecule has 0 spiro atoms. The lowest BCUT2D eigenvalue weighted by Gasteiger charge is -2.34. The third-order valence-electron chi connectivity index (χ3n) is 3.30. The smallest absolute Gasteiger partial charge is 0.137 e. The second-order valence-corrected chi connectivity index (χ2v) is 6.69. The van der Waals surface area contributed by atoms with E-state index in [0.717, 1.165) is 22.6 Å².